The highest BCUT2D eigenvalue weighted by molar-refractivity contribution is 5.73. The quantitative estimate of drug-likeness (QED) is 0.104. The van der Waals surface area contributed by atoms with Crippen LogP contribution < -0.4 is 60.3 Å². The number of amides is 1. The Morgan fingerprint density at radius 3 is 0.707 bits per heavy atom. The molecule has 0 spiro atoms. The van der Waals surface area contributed by atoms with E-state index in [4.69, 9.17) is 58.8 Å². The number of carbonyl (C=O) groups excluding carboxylic acids is 11. The minimum Gasteiger partial charge on any atom is -0.394 e. The lowest BCUT2D eigenvalue weighted by atomic mass is 10.1. The van der Waals surface area contributed by atoms with Gasteiger partial charge in [0.1, 0.15) is 67.9 Å². The molecule has 92 heavy (non-hydrogen) atoms. The first kappa shape index (κ1) is 178. The van der Waals surface area contributed by atoms with Gasteiger partial charge in [-0.1, -0.05) is 235 Å². The molecule has 0 aromatic heterocycles. The Morgan fingerprint density at radius 2 is 0.641 bits per heavy atom. The minimum atomic E-state index is -0.167. The molecule has 28 N–H and O–H groups in total. The Kier molecular flexibility index (Phi) is 506. The fourth-order valence-electron chi connectivity index (χ4n) is 2.98. The number of hydrogen-bond donors (Lipinski definition) is 11. The third-order valence-corrected chi connectivity index (χ3v) is 8.46. The topological polar surface area (TPSA) is 534 Å². The summed E-state index contributed by atoms with van der Waals surface area (Å²) >= 11 is 0. The molecule has 1 aliphatic rings. The van der Waals surface area contributed by atoms with Gasteiger partial charge in [-0.2, -0.15) is 0 Å². The van der Waals surface area contributed by atoms with Crippen molar-refractivity contribution in [3.05, 3.63) is 96.6 Å². The molecule has 0 radical (unpaired) electrons. The normalized spacial score (nSPS) is 7.59. The molecule has 1 amide bonds. The van der Waals surface area contributed by atoms with Crippen molar-refractivity contribution in [2.75, 3.05) is 33.7 Å². The number of carbonyl (C=O) groups is 11. The van der Waals surface area contributed by atoms with E-state index in [1.54, 1.807) is 26.8 Å². The number of nitrogens with zero attached hydrogens (tertiary/aromatic N) is 1. The Labute approximate surface area is 570 Å². The summed E-state index contributed by atoms with van der Waals surface area (Å²) in [5.41, 5.74) is 17.0. The van der Waals surface area contributed by atoms with E-state index in [1.807, 2.05) is 118 Å². The lowest BCUT2D eigenvalue weighted by Crippen LogP contribution is -2.33. The number of rotatable bonds is 9. The van der Waals surface area contributed by atoms with Gasteiger partial charge in [-0.15, -0.1) is 0 Å². The van der Waals surface area contributed by atoms with E-state index in [9.17, 15) is 4.79 Å². The fraction of sp³-hybridized carbons (Fsp3) is 0.609. The van der Waals surface area contributed by atoms with Crippen LogP contribution in [0.25, 0.3) is 0 Å². The van der Waals surface area contributed by atoms with Gasteiger partial charge in [0.15, 0.2) is 0 Å². The first-order valence-corrected chi connectivity index (χ1v) is 28.8. The summed E-state index contributed by atoms with van der Waals surface area (Å²) in [5, 5.41) is 8.06. The molecule has 1 saturated heterocycles. The van der Waals surface area contributed by atoms with Crippen molar-refractivity contribution in [2.45, 2.75) is 222 Å². The maximum absolute atomic E-state index is 10.7. The number of aliphatic hydroxyl groups excluding tert-OH is 1. The minimum absolute atomic E-state index is 0. The molecule has 0 atom stereocenters. The molecule has 23 heteroatoms. The van der Waals surface area contributed by atoms with Crippen LogP contribution in [0.15, 0.2) is 85.5 Å². The Morgan fingerprint density at radius 1 is 0.457 bits per heavy atom. The lowest BCUT2D eigenvalue weighted by Gasteiger charge is -2.24. The Bertz CT molecular complexity index is 1130. The van der Waals surface area contributed by atoms with E-state index in [2.05, 4.69) is 170 Å². The summed E-state index contributed by atoms with van der Waals surface area (Å²) < 4.78 is 0. The number of piperidine rings is 1. The Hall–Kier alpha value is -6.35. The summed E-state index contributed by atoms with van der Waals surface area (Å²) in [6.45, 7) is 70.3. The predicted octanol–water partition coefficient (Wildman–Crippen LogP) is 16.1. The zero-order valence-electron chi connectivity index (χ0n) is 64.6. The van der Waals surface area contributed by atoms with Crippen molar-refractivity contribution in [3.8, 4) is 0 Å². The zero-order chi connectivity index (χ0) is 73.3. The molecule has 1 fully saturated rings. The molecule has 3 rings (SSSR count). The second kappa shape index (κ2) is 261. The van der Waals surface area contributed by atoms with Crippen LogP contribution in [-0.2, 0) is 65.6 Å². The third kappa shape index (κ3) is 403. The number of allylic oxidation sites excluding steroid dienone is 3. The first-order valence-electron chi connectivity index (χ1n) is 28.8. The van der Waals surface area contributed by atoms with Gasteiger partial charge in [0.2, 0.25) is 5.91 Å². The van der Waals surface area contributed by atoms with Gasteiger partial charge in [-0.3, -0.25) is 4.79 Å². The first-order chi connectivity index (χ1) is 40.8. The van der Waals surface area contributed by atoms with Gasteiger partial charge >= 0.3 is 0 Å². The second-order valence-corrected chi connectivity index (χ2v) is 16.5. The molecule has 0 saturated carbocycles. The summed E-state index contributed by atoms with van der Waals surface area (Å²) in [6, 6.07) is 20.9. The maximum Gasteiger partial charge on any atom is 0.219 e. The summed E-state index contributed by atoms with van der Waals surface area (Å²) in [4.78, 5) is 92.6. The molecular weight excluding hydrogens is 1170 g/mol. The van der Waals surface area contributed by atoms with Crippen LogP contribution in [0.4, 0.5) is 0 Å². The van der Waals surface area contributed by atoms with Gasteiger partial charge in [-0.05, 0) is 115 Å². The molecule has 0 unspecified atom stereocenters. The number of hydrogen-bond acceptors (Lipinski definition) is 22. The van der Waals surface area contributed by atoms with Crippen molar-refractivity contribution in [1.82, 2.24) is 48.0 Å². The number of unbranched alkanes of at least 4 members (excludes halogenated alkanes) is 1. The van der Waals surface area contributed by atoms with Gasteiger partial charge in [0.25, 0.3) is 0 Å². The van der Waals surface area contributed by atoms with Crippen molar-refractivity contribution < 1.29 is 57.8 Å². The monoisotopic (exact) mass is 1340 g/mol. The van der Waals surface area contributed by atoms with Crippen LogP contribution in [0, 0.1) is 23.7 Å². The van der Waals surface area contributed by atoms with E-state index >= 15 is 0 Å². The van der Waals surface area contributed by atoms with Crippen molar-refractivity contribution in [3.63, 3.8) is 0 Å². The number of aliphatic hydroxyl groups is 1. The molecule has 2 aromatic rings. The van der Waals surface area contributed by atoms with Gasteiger partial charge in [0, 0.05) is 26.1 Å². The number of nitrogens with two attached hydrogens (primary N) is 3. The van der Waals surface area contributed by atoms with Crippen LogP contribution in [0.3, 0.4) is 0 Å². The molecule has 1 aliphatic heterocycles. The van der Waals surface area contributed by atoms with E-state index in [-0.39, 0.29) is 55.1 Å². The Balaban J connectivity index is -0.0000000196. The number of likely N-dealkylation sites (tertiary alicyclic amines) is 1. The maximum atomic E-state index is 10.7. The predicted molar refractivity (Wildman–Crippen MR) is 413 cm³/mol. The molecule has 0 bridgehead atoms. The third-order valence-electron chi connectivity index (χ3n) is 8.46. The zero-order valence-corrected chi connectivity index (χ0v) is 64.6. The van der Waals surface area contributed by atoms with Crippen LogP contribution in [0.5, 0.6) is 0 Å². The summed E-state index contributed by atoms with van der Waals surface area (Å²) in [6.07, 6.45) is 19.0. The largest absolute Gasteiger partial charge is 0.394 e. The molecule has 568 valence electrons. The molecule has 1 heterocycles. The van der Waals surface area contributed by atoms with Crippen LogP contribution in [0.1, 0.15) is 214 Å². The van der Waals surface area contributed by atoms with Crippen molar-refractivity contribution >= 4 is 73.8 Å². The fourth-order valence-corrected chi connectivity index (χ4v) is 2.98. The van der Waals surface area contributed by atoms with Crippen LogP contribution >= 0.6 is 0 Å². The highest BCUT2D eigenvalue weighted by Crippen LogP contribution is 2.07. The summed E-state index contributed by atoms with van der Waals surface area (Å²) in [5.74, 6) is 3.77. The summed E-state index contributed by atoms with van der Waals surface area (Å²) in [7, 11) is 3.00. The number of benzene rings is 2. The number of aryl methyl sites for hydroxylation is 2. The highest BCUT2D eigenvalue weighted by Gasteiger charge is 2.11. The second-order valence-electron chi connectivity index (χ2n) is 16.5. The van der Waals surface area contributed by atoms with Crippen molar-refractivity contribution in [1.29, 1.82) is 0 Å². The van der Waals surface area contributed by atoms with E-state index in [0.29, 0.717) is 0 Å². The highest BCUT2D eigenvalue weighted by atomic mass is 16.3. The van der Waals surface area contributed by atoms with Gasteiger partial charge in [-0.25, -0.2) is 0 Å². The van der Waals surface area contributed by atoms with Crippen LogP contribution in [-0.4, -0.2) is 124 Å². The standard InChI is InChI=1S/2C8H10.C7H13NO.4C5H12.C5H8.C4H11N.C3H8O.C2H6.2CH5N.10CH2O.7H3N/c2*1-2-8-6-4-3-5-7-8;1-7(9)8-5-3-2-4-6-8;4*1-4-5(2)3;1-3-5-4-2;1-2-3-4-5;1-3(2)4;13*1-2;;;;;;;/h2*3-7H,2H2,1H3;2-6H2,1H3;4*5H,4H2,1-3H3;3-5H,1H2,2H3;2-5H2,1H3;3-4H,1-2H3;1-2H3;2*2H2,1H3;10*1H2;7*1H3/b;;;;;;;5-4-;;;;;;;;;;;;;;;;;;;;;;. The SMILES string of the molecule is C=C/C=C\C.C=O.C=O.C=O.C=O.C=O.C=O.C=O.C=O.C=O.C=O.CC.CC(=O)N1CCCCC1.CC(C)O.CCC(C)C.CCC(C)C.CCC(C)C.CCC(C)C.CCCCN.CCc1ccccc1.CCc1ccccc1.CN.CN.N.N.N.N.N.N.N. The average molecular weight is 1340 g/mol. The van der Waals surface area contributed by atoms with Crippen LogP contribution in [0.2, 0.25) is 0 Å². The van der Waals surface area contributed by atoms with E-state index < -0.39 is 0 Å². The molecule has 23 nitrogen and oxygen atoms in total. The lowest BCUT2D eigenvalue weighted by molar-refractivity contribution is -0.129. The van der Waals surface area contributed by atoms with Gasteiger partial charge in [0.05, 0.1) is 0 Å². The molecular formula is C69H165N11O12. The molecule has 2 aromatic carbocycles. The van der Waals surface area contributed by atoms with E-state index in [0.717, 1.165) is 56.1 Å². The van der Waals surface area contributed by atoms with E-state index in [1.165, 1.54) is 83.0 Å². The van der Waals surface area contributed by atoms with Gasteiger partial charge < -0.3 is 118 Å². The average Bonchev–Trinajstić information content (AvgIpc) is 3.59. The smallest absolute Gasteiger partial charge is 0.219 e. The molecule has 0 aliphatic carbocycles. The van der Waals surface area contributed by atoms with Crippen molar-refractivity contribution in [2.24, 2.45) is 40.9 Å².